The molecule has 0 nitrogen and oxygen atoms in total. The Labute approximate surface area is 117 Å². The first-order valence-electron chi connectivity index (χ1n) is 6.07. The van der Waals surface area contributed by atoms with Crippen LogP contribution in [0.5, 0.6) is 0 Å². The Kier molecular flexibility index (Phi) is 3.91. The summed E-state index contributed by atoms with van der Waals surface area (Å²) in [6.07, 6.45) is 0. The zero-order valence-corrected chi connectivity index (χ0v) is 11.9. The van der Waals surface area contributed by atoms with Crippen LogP contribution in [0.1, 0.15) is 33.2 Å². The van der Waals surface area contributed by atoms with E-state index in [0.717, 1.165) is 22.3 Å². The Morgan fingerprint density at radius 1 is 0.895 bits per heavy atom. The summed E-state index contributed by atoms with van der Waals surface area (Å²) in [7, 11) is 0. The summed E-state index contributed by atoms with van der Waals surface area (Å²) in [6.45, 7) is 5.80. The molecule has 0 aliphatic carbocycles. The van der Waals surface area contributed by atoms with Gasteiger partial charge in [0.25, 0.3) is 0 Å². The summed E-state index contributed by atoms with van der Waals surface area (Å²) in [5.41, 5.74) is 3.69. The molecule has 0 amide bonds. The highest BCUT2D eigenvalue weighted by Gasteiger charge is 2.22. The molecular formula is C16H15ClF2. The molecule has 1 unspecified atom stereocenters. The maximum atomic E-state index is 13.8. The van der Waals surface area contributed by atoms with E-state index in [4.69, 9.17) is 11.6 Å². The Hall–Kier alpha value is -1.41. The minimum absolute atomic E-state index is 0.0841. The van der Waals surface area contributed by atoms with Crippen LogP contribution in [0.3, 0.4) is 0 Å². The van der Waals surface area contributed by atoms with E-state index in [-0.39, 0.29) is 5.56 Å². The van der Waals surface area contributed by atoms with Crippen LogP contribution in [0, 0.1) is 32.4 Å². The van der Waals surface area contributed by atoms with Crippen molar-refractivity contribution in [3.8, 4) is 0 Å². The molecule has 2 aromatic rings. The fraction of sp³-hybridized carbons (Fsp3) is 0.250. The van der Waals surface area contributed by atoms with Crippen molar-refractivity contribution < 1.29 is 8.78 Å². The summed E-state index contributed by atoms with van der Waals surface area (Å²) in [6, 6.07) is 7.73. The lowest BCUT2D eigenvalue weighted by Gasteiger charge is -2.18. The van der Waals surface area contributed by atoms with Crippen molar-refractivity contribution in [3.05, 3.63) is 69.8 Å². The van der Waals surface area contributed by atoms with Crippen LogP contribution >= 0.6 is 11.6 Å². The van der Waals surface area contributed by atoms with Gasteiger partial charge in [0.15, 0.2) is 0 Å². The summed E-state index contributed by atoms with van der Waals surface area (Å²) < 4.78 is 27.6. The summed E-state index contributed by atoms with van der Waals surface area (Å²) >= 11 is 6.33. The second-order valence-corrected chi connectivity index (χ2v) is 5.25. The van der Waals surface area contributed by atoms with Gasteiger partial charge in [0.1, 0.15) is 11.6 Å². The van der Waals surface area contributed by atoms with Gasteiger partial charge in [-0.3, -0.25) is 0 Å². The van der Waals surface area contributed by atoms with E-state index in [1.165, 1.54) is 18.2 Å². The highest BCUT2D eigenvalue weighted by molar-refractivity contribution is 6.22. The van der Waals surface area contributed by atoms with Crippen LogP contribution in [0.2, 0.25) is 0 Å². The van der Waals surface area contributed by atoms with Gasteiger partial charge in [-0.1, -0.05) is 23.8 Å². The van der Waals surface area contributed by atoms with E-state index >= 15 is 0 Å². The van der Waals surface area contributed by atoms with Gasteiger partial charge >= 0.3 is 0 Å². The number of hydrogen-bond acceptors (Lipinski definition) is 0. The fourth-order valence-corrected chi connectivity index (χ4v) is 3.04. The fourth-order valence-electron chi connectivity index (χ4n) is 2.49. The number of aryl methyl sites for hydroxylation is 3. The Balaban J connectivity index is 2.60. The molecule has 0 bridgehead atoms. The van der Waals surface area contributed by atoms with Gasteiger partial charge in [-0.05, 0) is 49.6 Å². The van der Waals surface area contributed by atoms with Crippen LogP contribution < -0.4 is 0 Å². The Bertz CT molecular complexity index is 577. The van der Waals surface area contributed by atoms with Gasteiger partial charge in [0.2, 0.25) is 0 Å². The zero-order valence-electron chi connectivity index (χ0n) is 11.1. The predicted octanol–water partition coefficient (Wildman–Crippen LogP) is 5.22. The van der Waals surface area contributed by atoms with Crippen molar-refractivity contribution in [2.75, 3.05) is 0 Å². The standard InChI is InChI=1S/C16H15ClF2/c1-9-7-10(2)14(11(3)8-9)16(17)15-12(18)5-4-6-13(15)19/h4-8,16H,1-3H3. The van der Waals surface area contributed by atoms with Crippen LogP contribution in [0.25, 0.3) is 0 Å². The van der Waals surface area contributed by atoms with Crippen LogP contribution in [0.4, 0.5) is 8.78 Å². The van der Waals surface area contributed by atoms with Crippen molar-refractivity contribution in [2.24, 2.45) is 0 Å². The van der Waals surface area contributed by atoms with Gasteiger partial charge in [-0.15, -0.1) is 11.6 Å². The van der Waals surface area contributed by atoms with E-state index in [2.05, 4.69) is 0 Å². The second-order valence-electron chi connectivity index (χ2n) is 4.81. The van der Waals surface area contributed by atoms with Crippen LogP contribution in [0.15, 0.2) is 30.3 Å². The van der Waals surface area contributed by atoms with Gasteiger partial charge in [0.05, 0.1) is 5.38 Å². The average molecular weight is 281 g/mol. The number of hydrogen-bond donors (Lipinski definition) is 0. The molecule has 0 heterocycles. The predicted molar refractivity (Wildman–Crippen MR) is 74.7 cm³/mol. The lowest BCUT2D eigenvalue weighted by atomic mass is 9.93. The molecule has 0 saturated heterocycles. The van der Waals surface area contributed by atoms with Crippen LogP contribution in [-0.2, 0) is 0 Å². The quantitative estimate of drug-likeness (QED) is 0.662. The molecule has 0 spiro atoms. The molecule has 3 heteroatoms. The molecule has 0 aromatic heterocycles. The molecule has 0 aliphatic rings. The van der Waals surface area contributed by atoms with E-state index < -0.39 is 17.0 Å². The summed E-state index contributed by atoms with van der Waals surface area (Å²) in [5.74, 6) is -1.22. The van der Waals surface area contributed by atoms with Crippen molar-refractivity contribution in [1.82, 2.24) is 0 Å². The first-order valence-corrected chi connectivity index (χ1v) is 6.51. The minimum Gasteiger partial charge on any atom is -0.207 e. The van der Waals surface area contributed by atoms with Crippen molar-refractivity contribution in [3.63, 3.8) is 0 Å². The van der Waals surface area contributed by atoms with Crippen molar-refractivity contribution in [2.45, 2.75) is 26.1 Å². The molecule has 2 aromatic carbocycles. The van der Waals surface area contributed by atoms with Gasteiger partial charge in [-0.25, -0.2) is 8.78 Å². The van der Waals surface area contributed by atoms with E-state index in [9.17, 15) is 8.78 Å². The van der Waals surface area contributed by atoms with Gasteiger partial charge < -0.3 is 0 Å². The third-order valence-corrected chi connectivity index (χ3v) is 3.68. The number of halogens is 3. The lowest BCUT2D eigenvalue weighted by molar-refractivity contribution is 0.559. The largest absolute Gasteiger partial charge is 0.207 e. The molecule has 100 valence electrons. The minimum atomic E-state index is -0.818. The number of benzene rings is 2. The van der Waals surface area contributed by atoms with Gasteiger partial charge in [0, 0.05) is 5.56 Å². The maximum absolute atomic E-state index is 13.8. The summed E-state index contributed by atoms with van der Waals surface area (Å²) in [5, 5.41) is -0.818. The second kappa shape index (κ2) is 5.30. The molecule has 1 atom stereocenters. The molecule has 19 heavy (non-hydrogen) atoms. The van der Waals surface area contributed by atoms with Gasteiger partial charge in [-0.2, -0.15) is 0 Å². The molecule has 0 N–H and O–H groups in total. The highest BCUT2D eigenvalue weighted by Crippen LogP contribution is 2.36. The first kappa shape index (κ1) is 14.0. The molecule has 2 rings (SSSR count). The Morgan fingerprint density at radius 3 is 1.84 bits per heavy atom. The highest BCUT2D eigenvalue weighted by atomic mass is 35.5. The van der Waals surface area contributed by atoms with Crippen molar-refractivity contribution >= 4 is 11.6 Å². The van der Waals surface area contributed by atoms with Crippen LogP contribution in [-0.4, -0.2) is 0 Å². The third-order valence-electron chi connectivity index (χ3n) is 3.24. The third kappa shape index (κ3) is 2.64. The molecule has 0 fully saturated rings. The lowest BCUT2D eigenvalue weighted by Crippen LogP contribution is -2.05. The normalized spacial score (nSPS) is 12.5. The maximum Gasteiger partial charge on any atom is 0.131 e. The average Bonchev–Trinajstić information content (AvgIpc) is 2.26. The molecule has 0 aliphatic heterocycles. The number of rotatable bonds is 2. The van der Waals surface area contributed by atoms with E-state index in [0.29, 0.717) is 0 Å². The smallest absolute Gasteiger partial charge is 0.131 e. The molecule has 0 radical (unpaired) electrons. The van der Waals surface area contributed by atoms with Crippen molar-refractivity contribution in [1.29, 1.82) is 0 Å². The number of alkyl halides is 1. The monoisotopic (exact) mass is 280 g/mol. The topological polar surface area (TPSA) is 0 Å². The van der Waals surface area contributed by atoms with E-state index in [1.807, 2.05) is 32.9 Å². The zero-order chi connectivity index (χ0) is 14.2. The van der Waals surface area contributed by atoms with E-state index in [1.54, 1.807) is 0 Å². The first-order chi connectivity index (χ1) is 8.91. The summed E-state index contributed by atoms with van der Waals surface area (Å²) in [4.78, 5) is 0. The Morgan fingerprint density at radius 2 is 1.37 bits per heavy atom. The molecule has 0 saturated carbocycles. The SMILES string of the molecule is Cc1cc(C)c(C(Cl)c2c(F)cccc2F)c(C)c1. The molecular weight excluding hydrogens is 266 g/mol.